The third-order valence-electron chi connectivity index (χ3n) is 2.62. The molecule has 0 bridgehead atoms. The van der Waals surface area contributed by atoms with E-state index < -0.39 is 0 Å². The average Bonchev–Trinajstić information content (AvgIpc) is 2.55. The summed E-state index contributed by atoms with van der Waals surface area (Å²) in [4.78, 5) is 31.0. The van der Waals surface area contributed by atoms with E-state index in [9.17, 15) is 14.4 Å². The van der Waals surface area contributed by atoms with Crippen LogP contribution in [0.25, 0.3) is 0 Å². The van der Waals surface area contributed by atoms with Crippen LogP contribution in [0.4, 0.5) is 5.69 Å². The molecule has 5 nitrogen and oxygen atoms in total. The SMILES string of the molecule is CC(=O)Nc1ccc(C=O)cc1.COc1ccc(C=O)cc1. The summed E-state index contributed by atoms with van der Waals surface area (Å²) in [6.07, 6.45) is 1.57. The van der Waals surface area contributed by atoms with Crippen molar-refractivity contribution in [3.63, 3.8) is 0 Å². The van der Waals surface area contributed by atoms with Gasteiger partial charge in [-0.2, -0.15) is 0 Å². The van der Waals surface area contributed by atoms with E-state index in [0.717, 1.165) is 18.3 Å². The maximum atomic E-state index is 10.6. The summed E-state index contributed by atoms with van der Waals surface area (Å²) in [7, 11) is 1.59. The second-order valence-corrected chi connectivity index (χ2v) is 4.31. The van der Waals surface area contributed by atoms with Crippen molar-refractivity contribution in [2.75, 3.05) is 12.4 Å². The molecular weight excluding hydrogens is 282 g/mol. The topological polar surface area (TPSA) is 72.5 Å². The number of anilines is 1. The van der Waals surface area contributed by atoms with Crippen molar-refractivity contribution in [3.05, 3.63) is 59.7 Å². The van der Waals surface area contributed by atoms with E-state index in [1.807, 2.05) is 0 Å². The summed E-state index contributed by atoms with van der Waals surface area (Å²) in [6.45, 7) is 1.44. The molecule has 0 saturated heterocycles. The lowest BCUT2D eigenvalue weighted by molar-refractivity contribution is -0.114. The number of carbonyl (C=O) groups is 3. The van der Waals surface area contributed by atoms with E-state index in [0.29, 0.717) is 16.8 Å². The molecule has 0 aliphatic carbocycles. The van der Waals surface area contributed by atoms with Gasteiger partial charge in [-0.05, 0) is 48.5 Å². The van der Waals surface area contributed by atoms with Crippen LogP contribution in [0.1, 0.15) is 27.6 Å². The van der Waals surface area contributed by atoms with Gasteiger partial charge in [0.15, 0.2) is 0 Å². The maximum absolute atomic E-state index is 10.6. The van der Waals surface area contributed by atoms with Crippen LogP contribution in [0.3, 0.4) is 0 Å². The molecule has 0 fully saturated rings. The molecule has 2 aromatic rings. The summed E-state index contributed by atoms with van der Waals surface area (Å²) < 4.78 is 4.90. The van der Waals surface area contributed by atoms with E-state index in [2.05, 4.69) is 5.32 Å². The van der Waals surface area contributed by atoms with E-state index in [1.54, 1.807) is 55.6 Å². The molecule has 0 aromatic heterocycles. The largest absolute Gasteiger partial charge is 0.497 e. The number of benzene rings is 2. The molecule has 5 heteroatoms. The normalized spacial score (nSPS) is 9.00. The number of carbonyl (C=O) groups excluding carboxylic acids is 3. The quantitative estimate of drug-likeness (QED) is 0.881. The molecule has 0 saturated carbocycles. The zero-order chi connectivity index (χ0) is 16.4. The van der Waals surface area contributed by atoms with E-state index >= 15 is 0 Å². The monoisotopic (exact) mass is 299 g/mol. The van der Waals surface area contributed by atoms with Gasteiger partial charge in [-0.1, -0.05) is 0 Å². The van der Waals surface area contributed by atoms with Crippen LogP contribution >= 0.6 is 0 Å². The molecule has 0 unspecified atom stereocenters. The number of methoxy groups -OCH3 is 1. The Morgan fingerprint density at radius 1 is 0.909 bits per heavy atom. The Labute approximate surface area is 128 Å². The predicted molar refractivity (Wildman–Crippen MR) is 84.5 cm³/mol. The molecule has 0 spiro atoms. The van der Waals surface area contributed by atoms with Gasteiger partial charge >= 0.3 is 0 Å². The first-order valence-electron chi connectivity index (χ1n) is 6.51. The van der Waals surface area contributed by atoms with E-state index in [1.165, 1.54) is 6.92 Å². The molecule has 22 heavy (non-hydrogen) atoms. The summed E-state index contributed by atoms with van der Waals surface area (Å²) in [5.74, 6) is 0.652. The highest BCUT2D eigenvalue weighted by molar-refractivity contribution is 5.89. The van der Waals surface area contributed by atoms with Gasteiger partial charge in [0.05, 0.1) is 7.11 Å². The highest BCUT2D eigenvalue weighted by Gasteiger charge is 1.94. The van der Waals surface area contributed by atoms with Crippen LogP contribution < -0.4 is 10.1 Å². The van der Waals surface area contributed by atoms with Crippen molar-refractivity contribution in [2.24, 2.45) is 0 Å². The highest BCUT2D eigenvalue weighted by atomic mass is 16.5. The Morgan fingerprint density at radius 3 is 1.73 bits per heavy atom. The molecule has 0 aliphatic rings. The first-order valence-corrected chi connectivity index (χ1v) is 6.51. The van der Waals surface area contributed by atoms with Gasteiger partial charge in [-0.25, -0.2) is 0 Å². The Hall–Kier alpha value is -2.95. The van der Waals surface area contributed by atoms with Crippen molar-refractivity contribution in [1.82, 2.24) is 0 Å². The predicted octanol–water partition coefficient (Wildman–Crippen LogP) is 2.97. The summed E-state index contributed by atoms with van der Waals surface area (Å²) in [5, 5.41) is 2.60. The minimum absolute atomic E-state index is 0.117. The van der Waals surface area contributed by atoms with Crippen LogP contribution in [0, 0.1) is 0 Å². The lowest BCUT2D eigenvalue weighted by Crippen LogP contribution is -2.05. The third kappa shape index (κ3) is 6.00. The first kappa shape index (κ1) is 17.1. The van der Waals surface area contributed by atoms with Crippen molar-refractivity contribution in [1.29, 1.82) is 0 Å². The maximum Gasteiger partial charge on any atom is 0.221 e. The number of ether oxygens (including phenoxy) is 1. The van der Waals surface area contributed by atoms with Crippen LogP contribution in [-0.4, -0.2) is 25.6 Å². The number of aldehydes is 2. The standard InChI is InChI=1S/C9H9NO2.C8H8O2/c1-7(12)10-9-4-2-8(6-11)3-5-9;1-10-8-4-2-7(6-9)3-5-8/h2-6H,1H3,(H,10,12);2-6H,1H3. The number of amides is 1. The molecule has 2 aromatic carbocycles. The van der Waals surface area contributed by atoms with Crippen LogP contribution in [-0.2, 0) is 4.79 Å². The number of nitrogens with one attached hydrogen (secondary N) is 1. The molecule has 2 rings (SSSR count). The van der Waals surface area contributed by atoms with Gasteiger partial charge in [0.2, 0.25) is 5.91 Å². The fourth-order valence-electron chi connectivity index (χ4n) is 1.53. The van der Waals surface area contributed by atoms with Gasteiger partial charge in [0.25, 0.3) is 0 Å². The molecule has 0 aliphatic heterocycles. The highest BCUT2D eigenvalue weighted by Crippen LogP contribution is 2.09. The Bertz CT molecular complexity index is 618. The summed E-state index contributed by atoms with van der Waals surface area (Å²) in [5.41, 5.74) is 1.97. The summed E-state index contributed by atoms with van der Waals surface area (Å²) >= 11 is 0. The Kier molecular flexibility index (Phi) is 7.05. The van der Waals surface area contributed by atoms with Crippen LogP contribution in [0.15, 0.2) is 48.5 Å². The Balaban J connectivity index is 0.000000224. The molecule has 1 N–H and O–H groups in total. The van der Waals surface area contributed by atoms with Crippen molar-refractivity contribution in [2.45, 2.75) is 6.92 Å². The average molecular weight is 299 g/mol. The van der Waals surface area contributed by atoms with Gasteiger partial charge in [0.1, 0.15) is 18.3 Å². The van der Waals surface area contributed by atoms with Gasteiger partial charge in [0, 0.05) is 23.7 Å². The molecule has 114 valence electrons. The zero-order valence-electron chi connectivity index (χ0n) is 12.4. The second kappa shape index (κ2) is 9.07. The van der Waals surface area contributed by atoms with E-state index in [4.69, 9.17) is 4.74 Å². The minimum Gasteiger partial charge on any atom is -0.497 e. The Morgan fingerprint density at radius 2 is 1.36 bits per heavy atom. The molecule has 1 amide bonds. The van der Waals surface area contributed by atoms with Crippen molar-refractivity contribution < 1.29 is 19.1 Å². The number of hydrogen-bond donors (Lipinski definition) is 1. The van der Waals surface area contributed by atoms with Gasteiger partial charge < -0.3 is 10.1 Å². The molecule has 0 radical (unpaired) electrons. The number of rotatable bonds is 4. The molecule has 0 heterocycles. The smallest absolute Gasteiger partial charge is 0.221 e. The van der Waals surface area contributed by atoms with E-state index in [-0.39, 0.29) is 5.91 Å². The second-order valence-electron chi connectivity index (χ2n) is 4.31. The van der Waals surface area contributed by atoms with Crippen LogP contribution in [0.2, 0.25) is 0 Å². The van der Waals surface area contributed by atoms with Gasteiger partial charge in [-0.15, -0.1) is 0 Å². The third-order valence-corrected chi connectivity index (χ3v) is 2.62. The first-order chi connectivity index (χ1) is 10.6. The molecular formula is C17H17NO4. The number of hydrogen-bond acceptors (Lipinski definition) is 4. The molecule has 0 atom stereocenters. The lowest BCUT2D eigenvalue weighted by Gasteiger charge is -2.00. The van der Waals surface area contributed by atoms with Crippen molar-refractivity contribution >= 4 is 24.2 Å². The van der Waals surface area contributed by atoms with Crippen LogP contribution in [0.5, 0.6) is 5.75 Å². The summed E-state index contributed by atoms with van der Waals surface area (Å²) in [6, 6.07) is 13.6. The lowest BCUT2D eigenvalue weighted by atomic mass is 10.2. The van der Waals surface area contributed by atoms with Gasteiger partial charge in [-0.3, -0.25) is 14.4 Å². The zero-order valence-corrected chi connectivity index (χ0v) is 12.4. The minimum atomic E-state index is -0.117. The van der Waals surface area contributed by atoms with Crippen molar-refractivity contribution in [3.8, 4) is 5.75 Å². The fourth-order valence-corrected chi connectivity index (χ4v) is 1.53. The fraction of sp³-hybridized carbons (Fsp3) is 0.118.